The molecule has 0 aliphatic carbocycles. The highest BCUT2D eigenvalue weighted by molar-refractivity contribution is 5.93. The average Bonchev–Trinajstić information content (AvgIpc) is 2.70. The van der Waals surface area contributed by atoms with E-state index < -0.39 is 0 Å². The Kier molecular flexibility index (Phi) is 6.16. The number of hydrogen-bond donors (Lipinski definition) is 0. The Morgan fingerprint density at radius 2 is 1.87 bits per heavy atom. The smallest absolute Gasteiger partial charge is 0.337 e. The molecule has 0 unspecified atom stereocenters. The number of hydrogen-bond acceptors (Lipinski definition) is 4. The number of esters is 1. The summed E-state index contributed by atoms with van der Waals surface area (Å²) in [6.45, 7) is 14.1. The van der Waals surface area contributed by atoms with Gasteiger partial charge in [-0.1, -0.05) is 19.1 Å². The van der Waals surface area contributed by atoms with Crippen LogP contribution < -0.4 is 4.90 Å². The molecule has 2 aromatic rings. The first-order chi connectivity index (χ1) is 14.2. The highest BCUT2D eigenvalue weighted by Gasteiger charge is 2.31. The molecule has 1 aliphatic heterocycles. The summed E-state index contributed by atoms with van der Waals surface area (Å²) in [5, 5.41) is 0. The van der Waals surface area contributed by atoms with Crippen LogP contribution in [-0.2, 0) is 4.74 Å². The molecule has 4 heteroatoms. The summed E-state index contributed by atoms with van der Waals surface area (Å²) < 4.78 is 4.83. The van der Waals surface area contributed by atoms with Gasteiger partial charge in [-0.25, -0.2) is 4.79 Å². The van der Waals surface area contributed by atoms with Gasteiger partial charge in [-0.15, -0.1) is 0 Å². The standard InChI is InChI=1S/C26H32N2O2/c1-8-11-28-24-12-18(3)21(13-22(24)19(4)15-26(28,5)6)16-27-23-14-20(25(29)30-7)10-9-17(23)2/h9-10,12-16H,8,11H2,1-7H3. The second-order valence-corrected chi connectivity index (χ2v) is 8.61. The number of carbonyl (C=O) groups excluding carboxylic acids is 1. The Balaban J connectivity index is 2.02. The van der Waals surface area contributed by atoms with Crippen molar-refractivity contribution in [2.24, 2.45) is 4.99 Å². The summed E-state index contributed by atoms with van der Waals surface area (Å²) >= 11 is 0. The number of aliphatic imine (C=N–C) groups is 1. The summed E-state index contributed by atoms with van der Waals surface area (Å²) in [7, 11) is 1.39. The van der Waals surface area contributed by atoms with Crippen molar-refractivity contribution in [1.29, 1.82) is 0 Å². The zero-order valence-electron chi connectivity index (χ0n) is 19.2. The van der Waals surface area contributed by atoms with E-state index in [0.29, 0.717) is 5.56 Å². The molecule has 158 valence electrons. The Hall–Kier alpha value is -2.88. The predicted octanol–water partition coefficient (Wildman–Crippen LogP) is 6.25. The van der Waals surface area contributed by atoms with Gasteiger partial charge in [0.1, 0.15) is 0 Å². The predicted molar refractivity (Wildman–Crippen MR) is 126 cm³/mol. The second kappa shape index (κ2) is 8.47. The maximum Gasteiger partial charge on any atom is 0.337 e. The molecule has 0 fully saturated rings. The van der Waals surface area contributed by atoms with Crippen molar-refractivity contribution in [3.8, 4) is 0 Å². The molecule has 30 heavy (non-hydrogen) atoms. The largest absolute Gasteiger partial charge is 0.465 e. The maximum absolute atomic E-state index is 11.9. The number of anilines is 1. The van der Waals surface area contributed by atoms with Crippen LogP contribution in [0.25, 0.3) is 5.57 Å². The van der Waals surface area contributed by atoms with Crippen molar-refractivity contribution in [3.63, 3.8) is 0 Å². The molecule has 0 saturated heterocycles. The molecule has 3 rings (SSSR count). The summed E-state index contributed by atoms with van der Waals surface area (Å²) in [6.07, 6.45) is 5.36. The van der Waals surface area contributed by atoms with Crippen LogP contribution in [0.2, 0.25) is 0 Å². The summed E-state index contributed by atoms with van der Waals surface area (Å²) in [5.74, 6) is -0.351. The highest BCUT2D eigenvalue weighted by Crippen LogP contribution is 2.40. The number of rotatable bonds is 5. The van der Waals surface area contributed by atoms with Crippen LogP contribution >= 0.6 is 0 Å². The Morgan fingerprint density at radius 3 is 2.53 bits per heavy atom. The van der Waals surface area contributed by atoms with Crippen molar-refractivity contribution in [1.82, 2.24) is 0 Å². The highest BCUT2D eigenvalue weighted by atomic mass is 16.5. The molecule has 0 amide bonds. The van der Waals surface area contributed by atoms with Gasteiger partial charge in [0, 0.05) is 24.0 Å². The van der Waals surface area contributed by atoms with Gasteiger partial charge in [0.15, 0.2) is 0 Å². The van der Waals surface area contributed by atoms with E-state index in [9.17, 15) is 4.79 Å². The Labute approximate surface area is 180 Å². The van der Waals surface area contributed by atoms with E-state index in [1.54, 1.807) is 12.1 Å². The lowest BCUT2D eigenvalue weighted by molar-refractivity contribution is 0.0601. The molecule has 4 nitrogen and oxygen atoms in total. The molecule has 0 N–H and O–H groups in total. The fraction of sp³-hybridized carbons (Fsp3) is 0.385. The lowest BCUT2D eigenvalue weighted by atomic mass is 9.87. The van der Waals surface area contributed by atoms with Gasteiger partial charge in [-0.2, -0.15) is 0 Å². The van der Waals surface area contributed by atoms with Gasteiger partial charge < -0.3 is 9.64 Å². The molecule has 1 heterocycles. The number of carbonyl (C=O) groups is 1. The first kappa shape index (κ1) is 21.8. The second-order valence-electron chi connectivity index (χ2n) is 8.61. The molecule has 0 radical (unpaired) electrons. The van der Waals surface area contributed by atoms with E-state index >= 15 is 0 Å². The average molecular weight is 405 g/mol. The first-order valence-corrected chi connectivity index (χ1v) is 10.5. The van der Waals surface area contributed by atoms with Crippen LogP contribution in [-0.4, -0.2) is 31.4 Å². The van der Waals surface area contributed by atoms with Crippen molar-refractivity contribution in [3.05, 3.63) is 64.2 Å². The van der Waals surface area contributed by atoms with E-state index in [-0.39, 0.29) is 11.5 Å². The molecule has 0 spiro atoms. The minimum atomic E-state index is -0.351. The van der Waals surface area contributed by atoms with Crippen LogP contribution in [0, 0.1) is 13.8 Å². The van der Waals surface area contributed by atoms with Crippen LogP contribution in [0.5, 0.6) is 0 Å². The van der Waals surface area contributed by atoms with Crippen LogP contribution in [0.3, 0.4) is 0 Å². The zero-order valence-corrected chi connectivity index (χ0v) is 19.2. The zero-order chi connectivity index (χ0) is 22.1. The lowest BCUT2D eigenvalue weighted by Gasteiger charge is -2.43. The van der Waals surface area contributed by atoms with Crippen molar-refractivity contribution in [2.75, 3.05) is 18.6 Å². The maximum atomic E-state index is 11.9. The number of aryl methyl sites for hydroxylation is 2. The van der Waals surface area contributed by atoms with Crippen molar-refractivity contribution >= 4 is 29.1 Å². The SMILES string of the molecule is CCCN1c2cc(C)c(C=Nc3cc(C(=O)OC)ccc3C)cc2C(C)=CC1(C)C. The molecule has 0 bridgehead atoms. The number of fused-ring (bicyclic) bond motifs is 1. The molecule has 0 atom stereocenters. The third-order valence-corrected chi connectivity index (χ3v) is 5.79. The van der Waals surface area contributed by atoms with Crippen molar-refractivity contribution < 1.29 is 9.53 Å². The molecule has 0 saturated carbocycles. The fourth-order valence-electron chi connectivity index (χ4n) is 4.15. The van der Waals surface area contributed by atoms with Gasteiger partial charge in [0.05, 0.1) is 23.9 Å². The minimum Gasteiger partial charge on any atom is -0.465 e. The van der Waals surface area contributed by atoms with Crippen LogP contribution in [0.15, 0.2) is 41.4 Å². The third kappa shape index (κ3) is 4.18. The summed E-state index contributed by atoms with van der Waals surface area (Å²) in [6, 6.07) is 9.96. The number of methoxy groups -OCH3 is 1. The summed E-state index contributed by atoms with van der Waals surface area (Å²) in [5.41, 5.74) is 8.41. The van der Waals surface area contributed by atoms with Gasteiger partial charge in [-0.3, -0.25) is 4.99 Å². The number of ether oxygens (including phenoxy) is 1. The van der Waals surface area contributed by atoms with E-state index in [2.05, 4.69) is 57.7 Å². The Bertz CT molecular complexity index is 1030. The number of benzene rings is 2. The molecule has 1 aliphatic rings. The first-order valence-electron chi connectivity index (χ1n) is 10.5. The van der Waals surface area contributed by atoms with E-state index in [0.717, 1.165) is 29.8 Å². The van der Waals surface area contributed by atoms with E-state index in [4.69, 9.17) is 9.73 Å². The van der Waals surface area contributed by atoms with Crippen LogP contribution in [0.1, 0.15) is 66.7 Å². The number of allylic oxidation sites excluding steroid dienone is 1. The minimum absolute atomic E-state index is 0.000572. The quantitative estimate of drug-likeness (QED) is 0.437. The summed E-state index contributed by atoms with van der Waals surface area (Å²) in [4.78, 5) is 19.1. The normalized spacial score (nSPS) is 15.2. The topological polar surface area (TPSA) is 41.9 Å². The van der Waals surface area contributed by atoms with Crippen LogP contribution in [0.4, 0.5) is 11.4 Å². The van der Waals surface area contributed by atoms with Gasteiger partial charge >= 0.3 is 5.97 Å². The lowest BCUT2D eigenvalue weighted by Crippen LogP contribution is -2.45. The monoisotopic (exact) mass is 404 g/mol. The Morgan fingerprint density at radius 1 is 1.13 bits per heavy atom. The fourth-order valence-corrected chi connectivity index (χ4v) is 4.15. The third-order valence-electron chi connectivity index (χ3n) is 5.79. The molecule has 0 aromatic heterocycles. The van der Waals surface area contributed by atoms with E-state index in [1.807, 2.05) is 19.2 Å². The van der Waals surface area contributed by atoms with Gasteiger partial charge in [0.25, 0.3) is 0 Å². The van der Waals surface area contributed by atoms with Gasteiger partial charge in [0.2, 0.25) is 0 Å². The number of nitrogens with zero attached hydrogens (tertiary/aromatic N) is 2. The molecular weight excluding hydrogens is 372 g/mol. The van der Waals surface area contributed by atoms with Gasteiger partial charge in [-0.05, 0) is 87.6 Å². The van der Waals surface area contributed by atoms with E-state index in [1.165, 1.54) is 29.5 Å². The molecular formula is C26H32N2O2. The molecule has 2 aromatic carbocycles. The van der Waals surface area contributed by atoms with Crippen molar-refractivity contribution in [2.45, 2.75) is 53.5 Å².